The topological polar surface area (TPSA) is 368 Å². The smallest absolute Gasteiger partial charge is 0.278 e. The summed E-state index contributed by atoms with van der Waals surface area (Å²) in [5.74, 6) is -2.41. The molecule has 143 heavy (non-hydrogen) atoms. The van der Waals surface area contributed by atoms with Crippen molar-refractivity contribution in [2.45, 2.75) is 0 Å². The summed E-state index contributed by atoms with van der Waals surface area (Å²) in [6, 6.07) is 169. The maximum Gasteiger partial charge on any atom is 0.278 e. The minimum atomic E-state index is -2.04. The molecule has 0 saturated carbocycles. The van der Waals surface area contributed by atoms with Crippen molar-refractivity contribution >= 4 is 126 Å². The standard InChI is InChI=1S/3C24H19OP.2C13H11NO2.3C7H7NO3/c3*25-20-16-18-24(19-17-20)26(21-10-4-1-5-11-21,22-12-6-2-7-13-22)23-14-8-3-9-15-23;2*15-12-9-5-4-8-11(12)13(16)14-10-6-2-1-3-7-10;3*9-6-4-2-1-3-5(6)7(10)8-11/h3*1-19H;2*1-9,15H,(H,14,16);3*1-4,9,11H,(H,8,10)/p+3. The van der Waals surface area contributed by atoms with E-state index in [1.165, 1.54) is 129 Å². The maximum atomic E-state index is 11.8. The van der Waals surface area contributed by atoms with Gasteiger partial charge in [0.1, 0.15) is 131 Å². The highest BCUT2D eigenvalue weighted by Crippen LogP contribution is 2.57. The summed E-state index contributed by atoms with van der Waals surface area (Å²) in [6.07, 6.45) is 0. The van der Waals surface area contributed by atoms with Crippen LogP contribution in [0, 0.1) is 0 Å². The van der Waals surface area contributed by atoms with E-state index in [2.05, 4.69) is 320 Å². The fourth-order valence-corrected chi connectivity index (χ4v) is 28.3. The first kappa shape index (κ1) is 104. The molecule has 24 heteroatoms. The number of para-hydroxylation sites is 7. The Labute approximate surface area is 830 Å². The van der Waals surface area contributed by atoms with Crippen LogP contribution >= 0.6 is 21.8 Å². The molecule has 19 rings (SSSR count). The number of benzene rings is 19. The zero-order valence-corrected chi connectivity index (χ0v) is 79.7. The van der Waals surface area contributed by atoms with Gasteiger partial charge in [-0.25, -0.2) is 16.4 Å². The largest absolute Gasteiger partial charge is 0.508 e. The Morgan fingerprint density at radius 3 is 0.420 bits per heavy atom. The van der Waals surface area contributed by atoms with E-state index in [1.54, 1.807) is 133 Å². The summed E-state index contributed by atoms with van der Waals surface area (Å²) >= 11 is 0. The van der Waals surface area contributed by atoms with Gasteiger partial charge in [0.2, 0.25) is 0 Å². The molecule has 0 atom stereocenters. The predicted octanol–water partition coefficient (Wildman–Crippen LogP) is 18.9. The summed E-state index contributed by atoms with van der Waals surface area (Å²) in [7, 11) is -6.11. The molecule has 21 nitrogen and oxygen atoms in total. The molecule has 0 radical (unpaired) electrons. The average molecular weight is 1950 g/mol. The van der Waals surface area contributed by atoms with Crippen molar-refractivity contribution in [1.82, 2.24) is 16.4 Å². The van der Waals surface area contributed by atoms with Crippen LogP contribution in [0.2, 0.25) is 0 Å². The van der Waals surface area contributed by atoms with Crippen molar-refractivity contribution in [3.05, 3.63) is 556 Å². The van der Waals surface area contributed by atoms with Crippen LogP contribution in [0.5, 0.6) is 46.0 Å². The van der Waals surface area contributed by atoms with Gasteiger partial charge in [-0.15, -0.1) is 0 Å². The van der Waals surface area contributed by atoms with E-state index in [0.29, 0.717) is 28.6 Å². The number of hydrogen-bond donors (Lipinski definition) is 16. The van der Waals surface area contributed by atoms with Crippen molar-refractivity contribution < 1.29 is 80.4 Å². The number of anilines is 2. The molecular formula is C119H103N5O16P3+3. The minimum absolute atomic E-state index is 0.0177. The lowest BCUT2D eigenvalue weighted by Gasteiger charge is -2.27. The number of phenols is 8. The summed E-state index contributed by atoms with van der Waals surface area (Å²) in [6.45, 7) is 0. The van der Waals surface area contributed by atoms with Crippen molar-refractivity contribution in [3.63, 3.8) is 0 Å². The third-order valence-electron chi connectivity index (χ3n) is 22.1. The number of amides is 5. The maximum absolute atomic E-state index is 11.8. The second kappa shape index (κ2) is 53.2. The van der Waals surface area contributed by atoms with Crippen molar-refractivity contribution in [2.24, 2.45) is 0 Å². The fourth-order valence-electron chi connectivity index (χ4n) is 15.5. The Kier molecular flexibility index (Phi) is 38.7. The van der Waals surface area contributed by atoms with Crippen LogP contribution in [0.3, 0.4) is 0 Å². The molecule has 0 aliphatic heterocycles. The normalized spacial score (nSPS) is 10.4. The highest BCUT2D eigenvalue weighted by molar-refractivity contribution is 8.02. The quantitative estimate of drug-likeness (QED) is 0.0203. The van der Waals surface area contributed by atoms with Crippen LogP contribution in [-0.2, 0) is 0 Å². The Balaban J connectivity index is 0.000000149. The van der Waals surface area contributed by atoms with Crippen LogP contribution in [0.15, 0.2) is 528 Å². The van der Waals surface area contributed by atoms with Crippen molar-refractivity contribution in [2.75, 3.05) is 10.6 Å². The Bertz CT molecular complexity index is 6270. The molecule has 5 amide bonds. The predicted molar refractivity (Wildman–Crippen MR) is 576 cm³/mol. The molecule has 0 spiro atoms. The molecule has 0 saturated heterocycles. The average Bonchev–Trinajstić information content (AvgIpc) is 0.743. The van der Waals surface area contributed by atoms with Crippen LogP contribution in [-0.4, -0.2) is 86.0 Å². The van der Waals surface area contributed by atoms with Crippen LogP contribution in [0.25, 0.3) is 0 Å². The zero-order chi connectivity index (χ0) is 101. The molecule has 19 aromatic carbocycles. The van der Waals surface area contributed by atoms with E-state index in [4.69, 9.17) is 30.9 Å². The molecule has 712 valence electrons. The van der Waals surface area contributed by atoms with Crippen LogP contribution < -0.4 is 90.7 Å². The van der Waals surface area contributed by atoms with Gasteiger partial charge in [-0.1, -0.05) is 261 Å². The first-order chi connectivity index (χ1) is 69.7. The van der Waals surface area contributed by atoms with Gasteiger partial charge in [0, 0.05) is 11.4 Å². The van der Waals surface area contributed by atoms with E-state index >= 15 is 0 Å². The third-order valence-corrected chi connectivity index (χ3v) is 35.0. The second-order valence-electron chi connectivity index (χ2n) is 31.1. The minimum Gasteiger partial charge on any atom is -0.508 e. The summed E-state index contributed by atoms with van der Waals surface area (Å²) in [4.78, 5) is 55.7. The SMILES string of the molecule is O=C(NO)c1ccccc1O.O=C(NO)c1ccccc1O.O=C(NO)c1ccccc1O.O=C(Nc1ccccc1)c1ccccc1O.O=C(Nc1ccccc1)c1ccccc1O.Oc1ccc([P+](c2ccccc2)(c2ccccc2)c2ccccc2)cc1.Oc1ccc([P+](c2ccccc2)(c2ccccc2)c2ccccc2)cc1.Oc1ccc([P+](c2ccccc2)(c2ccccc2)c2ccccc2)cc1. The van der Waals surface area contributed by atoms with Crippen LogP contribution in [0.4, 0.5) is 11.4 Å². The molecule has 0 fully saturated rings. The van der Waals surface area contributed by atoms with E-state index in [0.717, 1.165) is 0 Å². The van der Waals surface area contributed by atoms with Crippen molar-refractivity contribution in [1.29, 1.82) is 0 Å². The molecular weight excluding hydrogens is 1850 g/mol. The first-order valence-electron chi connectivity index (χ1n) is 44.8. The summed E-state index contributed by atoms with van der Waals surface area (Å²) in [5, 5.41) is 121. The molecule has 0 aliphatic rings. The third kappa shape index (κ3) is 27.1. The first-order valence-corrected chi connectivity index (χ1v) is 50.1. The molecule has 16 N–H and O–H groups in total. The van der Waals surface area contributed by atoms with E-state index < -0.39 is 39.5 Å². The molecule has 0 unspecified atom stereocenters. The van der Waals surface area contributed by atoms with Gasteiger partial charge in [0.25, 0.3) is 29.5 Å². The molecule has 0 bridgehead atoms. The Hall–Kier alpha value is -17.9. The van der Waals surface area contributed by atoms with Gasteiger partial charge < -0.3 is 51.5 Å². The van der Waals surface area contributed by atoms with Gasteiger partial charge in [0.15, 0.2) is 0 Å². The van der Waals surface area contributed by atoms with E-state index in [9.17, 15) is 49.5 Å². The summed E-state index contributed by atoms with van der Waals surface area (Å²) in [5.41, 5.74) is 6.37. The highest BCUT2D eigenvalue weighted by atomic mass is 31.2. The van der Waals surface area contributed by atoms with Gasteiger partial charge in [-0.3, -0.25) is 39.6 Å². The number of nitrogens with one attached hydrogen (secondary N) is 5. The molecule has 0 aromatic heterocycles. The number of carbonyl (C=O) groups excluding carboxylic acids is 5. The fraction of sp³-hybridized carbons (Fsp3) is 0. The van der Waals surface area contributed by atoms with Crippen molar-refractivity contribution in [3.8, 4) is 46.0 Å². The Morgan fingerprint density at radius 2 is 0.273 bits per heavy atom. The zero-order valence-electron chi connectivity index (χ0n) is 77.0. The monoisotopic (exact) mass is 1950 g/mol. The lowest BCUT2D eigenvalue weighted by Crippen LogP contribution is -2.38. The van der Waals surface area contributed by atoms with Gasteiger partial charge >= 0.3 is 0 Å². The molecule has 0 heterocycles. The lowest BCUT2D eigenvalue weighted by molar-refractivity contribution is 0.0699. The number of hydroxylamine groups is 3. The van der Waals surface area contributed by atoms with Gasteiger partial charge in [-0.05, 0) is 267 Å². The molecule has 0 aliphatic carbocycles. The summed E-state index contributed by atoms with van der Waals surface area (Å²) < 4.78 is 0. The second-order valence-corrected chi connectivity index (χ2v) is 41.4. The Morgan fingerprint density at radius 1 is 0.147 bits per heavy atom. The number of aromatic hydroxyl groups is 8. The van der Waals surface area contributed by atoms with E-state index in [-0.39, 0.29) is 68.4 Å². The number of carbonyl (C=O) groups is 5. The molecule has 19 aromatic rings. The number of rotatable bonds is 19. The van der Waals surface area contributed by atoms with E-state index in [1.807, 2.05) is 36.4 Å². The van der Waals surface area contributed by atoms with Gasteiger partial charge in [0.05, 0.1) is 27.8 Å². The lowest BCUT2D eigenvalue weighted by atomic mass is 10.2. The number of phenolic OH excluding ortho intramolecular Hbond substituents is 8. The highest BCUT2D eigenvalue weighted by Gasteiger charge is 2.50. The van der Waals surface area contributed by atoms with Gasteiger partial charge in [-0.2, -0.15) is 0 Å². The van der Waals surface area contributed by atoms with Crippen LogP contribution in [0.1, 0.15) is 51.8 Å². The number of hydrogen-bond acceptors (Lipinski definition) is 16.